The quantitative estimate of drug-likeness (QED) is 0.469. The minimum absolute atomic E-state index is 0.217. The van der Waals surface area contributed by atoms with Gasteiger partial charge in [-0.1, -0.05) is 6.58 Å². The Morgan fingerprint density at radius 3 is 2.94 bits per heavy atom. The maximum Gasteiger partial charge on any atom is 0.333 e. The van der Waals surface area contributed by atoms with Gasteiger partial charge in [0.05, 0.1) is 6.61 Å². The molecule has 0 radical (unpaired) electrons. The van der Waals surface area contributed by atoms with E-state index in [-0.39, 0.29) is 5.97 Å². The van der Waals surface area contributed by atoms with E-state index in [2.05, 4.69) is 11.9 Å². The summed E-state index contributed by atoms with van der Waals surface area (Å²) in [6.45, 7) is 5.98. The first-order valence-electron chi connectivity index (χ1n) is 7.24. The van der Waals surface area contributed by atoms with Crippen LogP contribution in [0.3, 0.4) is 0 Å². The minimum Gasteiger partial charge on any atom is -0.462 e. The van der Waals surface area contributed by atoms with Crippen molar-refractivity contribution in [2.24, 2.45) is 29.6 Å². The molecule has 0 aromatic heterocycles. The van der Waals surface area contributed by atoms with E-state index >= 15 is 0 Å². The summed E-state index contributed by atoms with van der Waals surface area (Å²) in [5, 5.41) is 3.61. The van der Waals surface area contributed by atoms with E-state index in [1.807, 2.05) is 0 Å². The van der Waals surface area contributed by atoms with Crippen molar-refractivity contribution in [1.29, 1.82) is 0 Å². The predicted octanol–water partition coefficient (Wildman–Crippen LogP) is 1.74. The number of fused-ring (bicyclic) bond motifs is 7. The monoisotopic (exact) mass is 247 g/mol. The summed E-state index contributed by atoms with van der Waals surface area (Å²) in [6.07, 6.45) is 4.04. The molecule has 0 aromatic carbocycles. The number of piperidine rings is 1. The highest BCUT2D eigenvalue weighted by atomic mass is 16.5. The normalized spacial score (nSPS) is 50.8. The van der Waals surface area contributed by atoms with Crippen molar-refractivity contribution >= 4 is 5.97 Å². The van der Waals surface area contributed by atoms with Crippen molar-refractivity contribution in [1.82, 2.24) is 5.32 Å². The van der Waals surface area contributed by atoms with Crippen LogP contribution in [-0.2, 0) is 9.53 Å². The zero-order chi connectivity index (χ0) is 12.4. The molecule has 4 fully saturated rings. The number of carbonyl (C=O) groups is 1. The van der Waals surface area contributed by atoms with Crippen LogP contribution in [0.5, 0.6) is 0 Å². The summed E-state index contributed by atoms with van der Waals surface area (Å²) in [7, 11) is 0. The second kappa shape index (κ2) is 3.60. The van der Waals surface area contributed by atoms with E-state index in [1.54, 1.807) is 6.92 Å². The summed E-state index contributed by atoms with van der Waals surface area (Å²) >= 11 is 0. The van der Waals surface area contributed by atoms with Crippen molar-refractivity contribution in [3.63, 3.8) is 0 Å². The van der Waals surface area contributed by atoms with Crippen LogP contribution < -0.4 is 5.32 Å². The summed E-state index contributed by atoms with van der Waals surface area (Å²) in [4.78, 5) is 11.5. The zero-order valence-corrected chi connectivity index (χ0v) is 10.9. The number of esters is 1. The molecule has 3 nitrogen and oxygen atoms in total. The van der Waals surface area contributed by atoms with Gasteiger partial charge in [-0.3, -0.25) is 0 Å². The van der Waals surface area contributed by atoms with E-state index in [4.69, 9.17) is 4.74 Å². The van der Waals surface area contributed by atoms with Crippen LogP contribution in [0.1, 0.15) is 26.2 Å². The standard InChI is InChI=1S/C15H21NO2/c1-7(2)15(17)18-6-9-3-8-4-10(9)11-5-12-14(16-12)13(8)11/h8-14,16H,1,3-6H2,2H3. The van der Waals surface area contributed by atoms with Crippen molar-refractivity contribution in [3.05, 3.63) is 12.2 Å². The van der Waals surface area contributed by atoms with Gasteiger partial charge >= 0.3 is 5.97 Å². The number of hydrogen-bond acceptors (Lipinski definition) is 3. The Labute approximate surface area is 108 Å². The molecule has 3 saturated carbocycles. The molecule has 2 bridgehead atoms. The Balaban J connectivity index is 1.39. The third-order valence-corrected chi connectivity index (χ3v) is 5.82. The molecule has 1 heterocycles. The van der Waals surface area contributed by atoms with E-state index in [0.717, 1.165) is 35.8 Å². The molecule has 1 aliphatic heterocycles. The first-order valence-corrected chi connectivity index (χ1v) is 7.24. The van der Waals surface area contributed by atoms with E-state index in [1.165, 1.54) is 19.3 Å². The maximum absolute atomic E-state index is 11.5. The van der Waals surface area contributed by atoms with Gasteiger partial charge in [0.1, 0.15) is 0 Å². The highest BCUT2D eigenvalue weighted by Gasteiger charge is 2.64. The fraction of sp³-hybridized carbons (Fsp3) is 0.800. The van der Waals surface area contributed by atoms with Gasteiger partial charge in [-0.05, 0) is 55.8 Å². The first kappa shape index (κ1) is 11.0. The molecule has 0 amide bonds. The van der Waals surface area contributed by atoms with E-state index in [9.17, 15) is 4.79 Å². The van der Waals surface area contributed by atoms with Crippen LogP contribution >= 0.6 is 0 Å². The molecule has 98 valence electrons. The van der Waals surface area contributed by atoms with E-state index in [0.29, 0.717) is 18.1 Å². The van der Waals surface area contributed by atoms with Crippen LogP contribution in [0, 0.1) is 29.6 Å². The van der Waals surface area contributed by atoms with Crippen molar-refractivity contribution in [2.75, 3.05) is 6.61 Å². The lowest BCUT2D eigenvalue weighted by Crippen LogP contribution is -2.32. The van der Waals surface area contributed by atoms with Gasteiger partial charge < -0.3 is 10.1 Å². The Morgan fingerprint density at radius 2 is 2.17 bits per heavy atom. The molecule has 7 atom stereocenters. The average Bonchev–Trinajstić information content (AvgIpc) is 2.76. The third kappa shape index (κ3) is 1.43. The highest BCUT2D eigenvalue weighted by Crippen LogP contribution is 2.63. The zero-order valence-electron chi connectivity index (χ0n) is 10.9. The fourth-order valence-electron chi connectivity index (χ4n) is 5.14. The highest BCUT2D eigenvalue weighted by molar-refractivity contribution is 5.86. The van der Waals surface area contributed by atoms with Gasteiger partial charge in [0, 0.05) is 17.7 Å². The number of ether oxygens (including phenoxy) is 1. The smallest absolute Gasteiger partial charge is 0.333 e. The molecule has 0 spiro atoms. The topological polar surface area (TPSA) is 48.2 Å². The van der Waals surface area contributed by atoms with Gasteiger partial charge in [-0.25, -0.2) is 4.79 Å². The van der Waals surface area contributed by atoms with Crippen molar-refractivity contribution in [3.8, 4) is 0 Å². The molecule has 18 heavy (non-hydrogen) atoms. The van der Waals surface area contributed by atoms with Gasteiger partial charge in [-0.15, -0.1) is 0 Å². The predicted molar refractivity (Wildman–Crippen MR) is 67.8 cm³/mol. The van der Waals surface area contributed by atoms with Crippen molar-refractivity contribution in [2.45, 2.75) is 38.3 Å². The van der Waals surface area contributed by atoms with Gasteiger partial charge in [-0.2, -0.15) is 0 Å². The summed E-state index contributed by atoms with van der Waals surface area (Å²) in [5.74, 6) is 4.01. The van der Waals surface area contributed by atoms with Gasteiger partial charge in [0.15, 0.2) is 0 Å². The van der Waals surface area contributed by atoms with Crippen LogP contribution in [0.25, 0.3) is 0 Å². The number of carbonyl (C=O) groups excluding carboxylic acids is 1. The van der Waals surface area contributed by atoms with Crippen LogP contribution in [0.4, 0.5) is 0 Å². The Morgan fingerprint density at radius 1 is 1.33 bits per heavy atom. The second-order valence-corrected chi connectivity index (χ2v) is 6.81. The molecule has 1 N–H and O–H groups in total. The molecule has 3 aliphatic carbocycles. The van der Waals surface area contributed by atoms with E-state index < -0.39 is 0 Å². The molecular weight excluding hydrogens is 226 g/mol. The lowest BCUT2D eigenvalue weighted by atomic mass is 9.75. The lowest BCUT2D eigenvalue weighted by molar-refractivity contribution is -0.141. The molecular formula is C15H21NO2. The Hall–Kier alpha value is -0.830. The molecule has 4 rings (SSSR count). The van der Waals surface area contributed by atoms with Crippen LogP contribution in [0.2, 0.25) is 0 Å². The Kier molecular flexibility index (Phi) is 2.20. The Bertz CT molecular complexity index is 419. The van der Waals surface area contributed by atoms with Gasteiger partial charge in [0.2, 0.25) is 0 Å². The number of nitrogens with one attached hydrogen (secondary N) is 1. The van der Waals surface area contributed by atoms with Crippen LogP contribution in [-0.4, -0.2) is 24.7 Å². The summed E-state index contributed by atoms with van der Waals surface area (Å²) < 4.78 is 5.37. The first-order chi connectivity index (χ1) is 8.65. The number of hydrogen-bond donors (Lipinski definition) is 1. The average molecular weight is 247 g/mol. The summed E-state index contributed by atoms with van der Waals surface area (Å²) in [5.41, 5.74) is 0.516. The molecule has 0 aromatic rings. The number of rotatable bonds is 3. The lowest BCUT2D eigenvalue weighted by Gasteiger charge is -2.32. The molecule has 1 saturated heterocycles. The fourth-order valence-corrected chi connectivity index (χ4v) is 5.14. The molecule has 7 unspecified atom stereocenters. The third-order valence-electron chi connectivity index (χ3n) is 5.82. The van der Waals surface area contributed by atoms with Crippen LogP contribution in [0.15, 0.2) is 12.2 Å². The summed E-state index contributed by atoms with van der Waals surface area (Å²) in [6, 6.07) is 1.69. The second-order valence-electron chi connectivity index (χ2n) is 6.81. The SMILES string of the molecule is C=C(C)C(=O)OCC1CC2CC1C1CC3NC3C21. The maximum atomic E-state index is 11.5. The van der Waals surface area contributed by atoms with Gasteiger partial charge in [0.25, 0.3) is 0 Å². The minimum atomic E-state index is -0.217. The van der Waals surface area contributed by atoms with Crippen molar-refractivity contribution < 1.29 is 9.53 Å². The largest absolute Gasteiger partial charge is 0.462 e. The molecule has 4 aliphatic rings. The molecule has 3 heteroatoms.